The lowest BCUT2D eigenvalue weighted by atomic mass is 10.1. The van der Waals surface area contributed by atoms with Gasteiger partial charge in [-0.05, 0) is 54.6 Å². The molecule has 8 nitrogen and oxygen atoms in total. The van der Waals surface area contributed by atoms with Gasteiger partial charge in [0, 0.05) is 6.04 Å². The molecule has 0 amide bonds. The van der Waals surface area contributed by atoms with Crippen LogP contribution >= 0.6 is 11.3 Å². The van der Waals surface area contributed by atoms with E-state index in [4.69, 9.17) is 9.15 Å². The van der Waals surface area contributed by atoms with Crippen LogP contribution in [0, 0.1) is 0 Å². The van der Waals surface area contributed by atoms with Crippen molar-refractivity contribution in [2.45, 2.75) is 30.9 Å². The molecular formula is C23H19N3O5S2. The maximum atomic E-state index is 13.4. The average Bonchev–Trinajstić information content (AvgIpc) is 3.56. The summed E-state index contributed by atoms with van der Waals surface area (Å²) in [6, 6.07) is 16.8. The number of rotatable bonds is 6. The van der Waals surface area contributed by atoms with Gasteiger partial charge in [-0.25, -0.2) is 13.2 Å². The van der Waals surface area contributed by atoms with Gasteiger partial charge < -0.3 is 9.15 Å². The Balaban J connectivity index is 1.33. The average molecular weight is 482 g/mol. The number of hydrogen-bond acceptors (Lipinski definition) is 8. The second-order valence-electron chi connectivity index (χ2n) is 7.56. The highest BCUT2D eigenvalue weighted by Gasteiger charge is 2.36. The van der Waals surface area contributed by atoms with Gasteiger partial charge >= 0.3 is 5.97 Å². The summed E-state index contributed by atoms with van der Waals surface area (Å²) in [6.45, 7) is 1.65. The molecule has 0 unspecified atom stereocenters. The standard InChI is InChI=1S/C23H19N3O5S2/c1-15-12-16-6-2-3-9-19(16)26(15)33(28,29)18-8-4-7-17(13-18)23(27)30-14-21-24-25-22(31-21)20-10-5-11-32-20/h2-11,13,15H,12,14H2,1H3/t15-/m1/s1. The molecular weight excluding hydrogens is 462 g/mol. The number of hydrogen-bond donors (Lipinski definition) is 0. The first kappa shape index (κ1) is 21.4. The molecule has 1 aliphatic rings. The van der Waals surface area contributed by atoms with Crippen molar-refractivity contribution in [1.82, 2.24) is 10.2 Å². The van der Waals surface area contributed by atoms with Crippen molar-refractivity contribution in [3.8, 4) is 10.8 Å². The first-order chi connectivity index (χ1) is 15.9. The number of para-hydroxylation sites is 1. The van der Waals surface area contributed by atoms with Crippen molar-refractivity contribution in [2.24, 2.45) is 0 Å². The number of benzene rings is 2. The number of esters is 1. The number of carbonyl (C=O) groups is 1. The zero-order chi connectivity index (χ0) is 23.0. The van der Waals surface area contributed by atoms with Crippen LogP contribution in [0.3, 0.4) is 0 Å². The predicted octanol–water partition coefficient (Wildman–Crippen LogP) is 4.30. The van der Waals surface area contributed by atoms with Crippen molar-refractivity contribution in [3.05, 3.63) is 83.1 Å². The minimum Gasteiger partial charge on any atom is -0.452 e. The van der Waals surface area contributed by atoms with Gasteiger partial charge in [-0.1, -0.05) is 30.3 Å². The van der Waals surface area contributed by atoms with Gasteiger partial charge in [-0.2, -0.15) is 0 Å². The number of ether oxygens (including phenoxy) is 1. The van der Waals surface area contributed by atoms with Gasteiger partial charge in [-0.3, -0.25) is 4.31 Å². The van der Waals surface area contributed by atoms with Crippen LogP contribution in [-0.2, 0) is 27.8 Å². The lowest BCUT2D eigenvalue weighted by Gasteiger charge is -2.24. The van der Waals surface area contributed by atoms with Crippen LogP contribution in [0.1, 0.15) is 28.7 Å². The molecule has 33 heavy (non-hydrogen) atoms. The molecule has 2 aromatic heterocycles. The molecule has 4 aromatic rings. The minimum absolute atomic E-state index is 0.0262. The van der Waals surface area contributed by atoms with Gasteiger partial charge in [0.05, 0.1) is 21.0 Å². The number of nitrogens with zero attached hydrogens (tertiary/aromatic N) is 3. The SMILES string of the molecule is C[C@@H]1Cc2ccccc2N1S(=O)(=O)c1cccc(C(=O)OCc2nnc(-c3cccs3)o2)c1. The Bertz CT molecular complexity index is 1410. The second kappa shape index (κ2) is 8.45. The molecule has 1 atom stereocenters. The molecule has 10 heteroatoms. The van der Waals surface area contributed by atoms with E-state index in [-0.39, 0.29) is 29.0 Å². The summed E-state index contributed by atoms with van der Waals surface area (Å²) in [7, 11) is -3.86. The highest BCUT2D eigenvalue weighted by Crippen LogP contribution is 2.36. The summed E-state index contributed by atoms with van der Waals surface area (Å²) in [5.41, 5.74) is 1.76. The molecule has 5 rings (SSSR count). The van der Waals surface area contributed by atoms with E-state index in [1.807, 2.05) is 42.6 Å². The van der Waals surface area contributed by atoms with E-state index in [9.17, 15) is 13.2 Å². The fourth-order valence-electron chi connectivity index (χ4n) is 3.82. The zero-order valence-electron chi connectivity index (χ0n) is 17.5. The summed E-state index contributed by atoms with van der Waals surface area (Å²) >= 11 is 1.46. The summed E-state index contributed by atoms with van der Waals surface area (Å²) in [5.74, 6) is -0.181. The Morgan fingerprint density at radius 2 is 2.00 bits per heavy atom. The first-order valence-electron chi connectivity index (χ1n) is 10.2. The molecule has 0 aliphatic carbocycles. The van der Waals surface area contributed by atoms with Crippen LogP contribution < -0.4 is 4.31 Å². The molecule has 168 valence electrons. The van der Waals surface area contributed by atoms with E-state index in [0.29, 0.717) is 18.0 Å². The van der Waals surface area contributed by atoms with Crippen molar-refractivity contribution >= 4 is 33.0 Å². The van der Waals surface area contributed by atoms with Gasteiger partial charge in [0.25, 0.3) is 21.8 Å². The maximum Gasteiger partial charge on any atom is 0.338 e. The van der Waals surface area contributed by atoms with Crippen LogP contribution in [0.5, 0.6) is 0 Å². The van der Waals surface area contributed by atoms with Gasteiger partial charge in [0.1, 0.15) is 0 Å². The Morgan fingerprint density at radius 3 is 2.82 bits per heavy atom. The van der Waals surface area contributed by atoms with Crippen molar-refractivity contribution in [1.29, 1.82) is 0 Å². The van der Waals surface area contributed by atoms with Gasteiger partial charge in [0.15, 0.2) is 6.61 Å². The van der Waals surface area contributed by atoms with Crippen LogP contribution in [-0.4, -0.2) is 30.6 Å². The Hall–Kier alpha value is -3.50. The lowest BCUT2D eigenvalue weighted by Crippen LogP contribution is -2.35. The van der Waals surface area contributed by atoms with Gasteiger partial charge in [0.2, 0.25) is 0 Å². The van der Waals surface area contributed by atoms with Crippen LogP contribution in [0.4, 0.5) is 5.69 Å². The quantitative estimate of drug-likeness (QED) is 0.378. The van der Waals surface area contributed by atoms with E-state index < -0.39 is 16.0 Å². The van der Waals surface area contributed by atoms with E-state index >= 15 is 0 Å². The number of sulfonamides is 1. The number of thiophene rings is 1. The molecule has 3 heterocycles. The topological polar surface area (TPSA) is 103 Å². The third-order valence-corrected chi connectivity index (χ3v) is 8.08. The molecule has 0 radical (unpaired) electrons. The number of fused-ring (bicyclic) bond motifs is 1. The summed E-state index contributed by atoms with van der Waals surface area (Å²) in [4.78, 5) is 13.4. The molecule has 0 fully saturated rings. The second-order valence-corrected chi connectivity index (χ2v) is 10.3. The molecule has 0 bridgehead atoms. The first-order valence-corrected chi connectivity index (χ1v) is 12.5. The zero-order valence-corrected chi connectivity index (χ0v) is 19.2. The molecule has 0 N–H and O–H groups in total. The Labute approximate surface area is 194 Å². The number of anilines is 1. The fourth-order valence-corrected chi connectivity index (χ4v) is 6.21. The van der Waals surface area contributed by atoms with Crippen LogP contribution in [0.15, 0.2) is 75.4 Å². The third kappa shape index (κ3) is 4.03. The molecule has 1 aliphatic heterocycles. The Morgan fingerprint density at radius 1 is 1.15 bits per heavy atom. The third-order valence-electron chi connectivity index (χ3n) is 5.30. The normalized spacial score (nSPS) is 15.4. The summed E-state index contributed by atoms with van der Waals surface area (Å²) < 4.78 is 39.0. The molecule has 0 spiro atoms. The monoisotopic (exact) mass is 481 g/mol. The lowest BCUT2D eigenvalue weighted by molar-refractivity contribution is 0.0438. The molecule has 0 saturated carbocycles. The van der Waals surface area contributed by atoms with Crippen LogP contribution in [0.25, 0.3) is 10.8 Å². The maximum absolute atomic E-state index is 13.4. The van der Waals surface area contributed by atoms with Gasteiger partial charge in [-0.15, -0.1) is 21.5 Å². The van der Waals surface area contributed by atoms with E-state index in [0.717, 1.165) is 10.4 Å². The van der Waals surface area contributed by atoms with Crippen molar-refractivity contribution in [3.63, 3.8) is 0 Å². The van der Waals surface area contributed by atoms with Crippen molar-refractivity contribution in [2.75, 3.05) is 4.31 Å². The summed E-state index contributed by atoms with van der Waals surface area (Å²) in [6.07, 6.45) is 0.634. The van der Waals surface area contributed by atoms with E-state index in [1.54, 1.807) is 6.07 Å². The number of carbonyl (C=O) groups excluding carboxylic acids is 1. The van der Waals surface area contributed by atoms with E-state index in [1.165, 1.54) is 39.9 Å². The fraction of sp³-hybridized carbons (Fsp3) is 0.174. The predicted molar refractivity (Wildman–Crippen MR) is 122 cm³/mol. The minimum atomic E-state index is -3.86. The highest BCUT2D eigenvalue weighted by molar-refractivity contribution is 7.92. The van der Waals surface area contributed by atoms with E-state index in [2.05, 4.69) is 10.2 Å². The Kier molecular flexibility index (Phi) is 5.47. The molecule has 2 aromatic carbocycles. The van der Waals surface area contributed by atoms with Crippen molar-refractivity contribution < 1.29 is 22.4 Å². The highest BCUT2D eigenvalue weighted by atomic mass is 32.2. The molecule has 0 saturated heterocycles. The smallest absolute Gasteiger partial charge is 0.338 e. The largest absolute Gasteiger partial charge is 0.452 e. The van der Waals surface area contributed by atoms with Crippen LogP contribution in [0.2, 0.25) is 0 Å². The summed E-state index contributed by atoms with van der Waals surface area (Å²) in [5, 5.41) is 9.72. The number of aromatic nitrogens is 2.